The third kappa shape index (κ3) is 3.62. The Hall–Kier alpha value is -2.43. The highest BCUT2D eigenvalue weighted by molar-refractivity contribution is 7.92. The number of nitrogens with zero attached hydrogens (tertiary/aromatic N) is 1. The summed E-state index contributed by atoms with van der Waals surface area (Å²) in [5.74, 6) is -0.486. The molecule has 28 heavy (non-hydrogen) atoms. The second kappa shape index (κ2) is 7.53. The molecule has 2 N–H and O–H groups in total. The molecular formula is C18H21N3O5S2. The van der Waals surface area contributed by atoms with Crippen molar-refractivity contribution in [2.75, 3.05) is 32.5 Å². The van der Waals surface area contributed by atoms with Crippen LogP contribution >= 0.6 is 0 Å². The molecule has 0 aliphatic carbocycles. The number of anilines is 1. The van der Waals surface area contributed by atoms with Crippen LogP contribution in [0.5, 0.6) is 0 Å². The van der Waals surface area contributed by atoms with Crippen LogP contribution in [0.15, 0.2) is 57.2 Å². The van der Waals surface area contributed by atoms with Crippen molar-refractivity contribution in [2.45, 2.75) is 21.1 Å². The molecule has 1 aliphatic rings. The number of benzene rings is 2. The number of nitrogens with one attached hydrogen (secondary N) is 2. The first-order valence-electron chi connectivity index (χ1n) is 8.58. The Bertz CT molecular complexity index is 1130. The van der Waals surface area contributed by atoms with E-state index in [-0.39, 0.29) is 20.2 Å². The third-order valence-corrected chi connectivity index (χ3v) is 8.06. The van der Waals surface area contributed by atoms with E-state index in [4.69, 9.17) is 0 Å². The molecule has 0 saturated carbocycles. The minimum absolute atomic E-state index is 0.0243. The highest BCUT2D eigenvalue weighted by Crippen LogP contribution is 2.32. The Kier molecular flexibility index (Phi) is 5.46. The maximum absolute atomic E-state index is 13.4. The summed E-state index contributed by atoms with van der Waals surface area (Å²) in [5.41, 5.74) is 0.318. The van der Waals surface area contributed by atoms with E-state index in [1.807, 2.05) is 0 Å². The zero-order valence-electron chi connectivity index (χ0n) is 15.5. The van der Waals surface area contributed by atoms with E-state index < -0.39 is 25.8 Å². The minimum atomic E-state index is -4.16. The van der Waals surface area contributed by atoms with Crippen molar-refractivity contribution in [3.63, 3.8) is 0 Å². The zero-order chi connectivity index (χ0) is 20.5. The molecule has 2 aromatic rings. The zero-order valence-corrected chi connectivity index (χ0v) is 17.1. The number of fused-ring (bicyclic) bond motifs is 2. The van der Waals surface area contributed by atoms with Crippen LogP contribution < -0.4 is 10.6 Å². The van der Waals surface area contributed by atoms with E-state index in [2.05, 4.69) is 10.6 Å². The fourth-order valence-corrected chi connectivity index (χ4v) is 5.52. The predicted octanol–water partition coefficient (Wildman–Crippen LogP) is 1.32. The third-order valence-electron chi connectivity index (χ3n) is 4.40. The Morgan fingerprint density at radius 2 is 1.64 bits per heavy atom. The van der Waals surface area contributed by atoms with Gasteiger partial charge in [-0.3, -0.25) is 4.79 Å². The molecule has 0 aromatic heterocycles. The Balaban J connectivity index is 2.30. The van der Waals surface area contributed by atoms with Gasteiger partial charge in [-0.05, 0) is 36.8 Å². The van der Waals surface area contributed by atoms with E-state index >= 15 is 0 Å². The van der Waals surface area contributed by atoms with Crippen molar-refractivity contribution < 1.29 is 21.6 Å². The smallest absolute Gasteiger partial charge is 0.252 e. The molecule has 1 heterocycles. The van der Waals surface area contributed by atoms with Crippen LogP contribution in [0.3, 0.4) is 0 Å². The average Bonchev–Trinajstić information content (AvgIpc) is 2.68. The number of carbonyl (C=O) groups is 1. The molecule has 8 nitrogen and oxygen atoms in total. The molecular weight excluding hydrogens is 402 g/mol. The number of hydrogen-bond donors (Lipinski definition) is 2. The second-order valence-electron chi connectivity index (χ2n) is 6.48. The molecule has 1 amide bonds. The topological polar surface area (TPSA) is 113 Å². The van der Waals surface area contributed by atoms with Crippen molar-refractivity contribution in [3.8, 4) is 0 Å². The molecule has 1 aliphatic heterocycles. The first-order chi connectivity index (χ1) is 13.2. The van der Waals surface area contributed by atoms with Gasteiger partial charge in [-0.2, -0.15) is 0 Å². The summed E-state index contributed by atoms with van der Waals surface area (Å²) < 4.78 is 52.8. The molecule has 3 rings (SSSR count). The lowest BCUT2D eigenvalue weighted by Gasteiger charge is -2.17. The highest BCUT2D eigenvalue weighted by atomic mass is 32.2. The van der Waals surface area contributed by atoms with Crippen LogP contribution in [0.4, 0.5) is 5.69 Å². The predicted molar refractivity (Wildman–Crippen MR) is 105 cm³/mol. The van der Waals surface area contributed by atoms with Crippen LogP contribution in [0.25, 0.3) is 0 Å². The number of hydrogen-bond acceptors (Lipinski definition) is 6. The van der Waals surface area contributed by atoms with Crippen LogP contribution in [-0.2, 0) is 19.9 Å². The summed E-state index contributed by atoms with van der Waals surface area (Å²) >= 11 is 0. The maximum Gasteiger partial charge on any atom is 0.252 e. The molecule has 0 radical (unpaired) electrons. The summed E-state index contributed by atoms with van der Waals surface area (Å²) in [6.07, 6.45) is 0.575. The average molecular weight is 424 g/mol. The monoisotopic (exact) mass is 423 g/mol. The summed E-state index contributed by atoms with van der Waals surface area (Å²) in [6.45, 7) is 0.793. The summed E-state index contributed by atoms with van der Waals surface area (Å²) in [6, 6.07) is 9.84. The Labute approximate surface area is 164 Å². The van der Waals surface area contributed by atoms with Crippen molar-refractivity contribution >= 4 is 31.5 Å². The fourth-order valence-electron chi connectivity index (χ4n) is 2.86. The lowest BCUT2D eigenvalue weighted by atomic mass is 10.2. The summed E-state index contributed by atoms with van der Waals surface area (Å²) in [5, 5.41) is 5.74. The molecule has 0 spiro atoms. The van der Waals surface area contributed by atoms with Gasteiger partial charge in [-0.25, -0.2) is 21.1 Å². The quantitative estimate of drug-likeness (QED) is 0.753. The lowest BCUT2D eigenvalue weighted by Crippen LogP contribution is -2.26. The normalized spacial score (nSPS) is 16.9. The van der Waals surface area contributed by atoms with E-state index in [1.54, 1.807) is 6.07 Å². The molecule has 10 heteroatoms. The van der Waals surface area contributed by atoms with Crippen LogP contribution in [0.1, 0.15) is 16.8 Å². The summed E-state index contributed by atoms with van der Waals surface area (Å²) in [7, 11) is -5.25. The lowest BCUT2D eigenvalue weighted by molar-refractivity contribution is 0.0950. The van der Waals surface area contributed by atoms with Crippen molar-refractivity contribution in [2.24, 2.45) is 0 Å². The fraction of sp³-hybridized carbons (Fsp3) is 0.278. The first kappa shape index (κ1) is 20.3. The number of rotatable bonds is 2. The number of sulfone groups is 1. The van der Waals surface area contributed by atoms with E-state index in [0.717, 1.165) is 10.4 Å². The summed E-state index contributed by atoms with van der Waals surface area (Å²) in [4.78, 5) is 12.0. The molecule has 0 atom stereocenters. The van der Waals surface area contributed by atoms with Gasteiger partial charge in [0.25, 0.3) is 5.91 Å². The van der Waals surface area contributed by atoms with Gasteiger partial charge in [-0.15, -0.1) is 0 Å². The van der Waals surface area contributed by atoms with E-state index in [9.17, 15) is 21.6 Å². The van der Waals surface area contributed by atoms with Gasteiger partial charge in [0.15, 0.2) is 0 Å². The molecule has 0 saturated heterocycles. The minimum Gasteiger partial charge on any atom is -0.384 e. The van der Waals surface area contributed by atoms with Crippen molar-refractivity contribution in [3.05, 3.63) is 48.0 Å². The van der Waals surface area contributed by atoms with Gasteiger partial charge in [0.05, 0.1) is 25.9 Å². The van der Waals surface area contributed by atoms with Gasteiger partial charge in [0.2, 0.25) is 19.9 Å². The first-order valence-corrected chi connectivity index (χ1v) is 11.5. The Morgan fingerprint density at radius 3 is 2.36 bits per heavy atom. The molecule has 0 fully saturated rings. The SMILES string of the molecule is CN(C)S(=O)(=O)c1ccc2c(c1)S(=O)(=O)c1ccccc1C(=O)NCCCN2. The largest absolute Gasteiger partial charge is 0.384 e. The van der Waals surface area contributed by atoms with Crippen molar-refractivity contribution in [1.82, 2.24) is 9.62 Å². The highest BCUT2D eigenvalue weighted by Gasteiger charge is 2.29. The van der Waals surface area contributed by atoms with Gasteiger partial charge in [-0.1, -0.05) is 12.1 Å². The van der Waals surface area contributed by atoms with E-state index in [1.165, 1.54) is 44.4 Å². The molecule has 2 aromatic carbocycles. The van der Waals surface area contributed by atoms with Crippen molar-refractivity contribution in [1.29, 1.82) is 0 Å². The van der Waals surface area contributed by atoms with Crippen LogP contribution in [0.2, 0.25) is 0 Å². The number of amides is 1. The standard InChI is InChI=1S/C18H21N3O5S2/c1-21(2)28(25,26)13-8-9-15-17(12-13)27(23,24)16-7-4-3-6-14(16)18(22)20-11-5-10-19-15/h3-4,6-9,12,19H,5,10-11H2,1-2H3,(H,20,22). The van der Waals surface area contributed by atoms with Gasteiger partial charge >= 0.3 is 0 Å². The van der Waals surface area contributed by atoms with Gasteiger partial charge in [0, 0.05) is 27.2 Å². The maximum atomic E-state index is 13.4. The van der Waals surface area contributed by atoms with Gasteiger partial charge < -0.3 is 10.6 Å². The van der Waals surface area contributed by atoms with E-state index in [0.29, 0.717) is 25.2 Å². The number of carbonyl (C=O) groups excluding carboxylic acids is 1. The molecule has 0 unspecified atom stereocenters. The Morgan fingerprint density at radius 1 is 0.964 bits per heavy atom. The van der Waals surface area contributed by atoms with Gasteiger partial charge in [0.1, 0.15) is 0 Å². The van der Waals surface area contributed by atoms with Crippen LogP contribution in [0, 0.1) is 0 Å². The molecule has 150 valence electrons. The second-order valence-corrected chi connectivity index (χ2v) is 10.5. The molecule has 0 bridgehead atoms. The number of sulfonamides is 1. The van der Waals surface area contributed by atoms with Crippen LogP contribution in [-0.4, -0.2) is 54.2 Å².